The predicted molar refractivity (Wildman–Crippen MR) is 127 cm³/mol. The van der Waals surface area contributed by atoms with E-state index in [0.29, 0.717) is 12.4 Å². The summed E-state index contributed by atoms with van der Waals surface area (Å²) in [5, 5.41) is 12.6. The van der Waals surface area contributed by atoms with Crippen LogP contribution in [0.25, 0.3) is 16.9 Å². The third-order valence-corrected chi connectivity index (χ3v) is 5.34. The SMILES string of the molecule is CCN(CCO)c1ccc(Nc2ncc(-c3ccccc3N(C)C)n3ccnc23)cc1. The van der Waals surface area contributed by atoms with Crippen molar-refractivity contribution in [1.82, 2.24) is 14.4 Å². The zero-order valence-electron chi connectivity index (χ0n) is 18.2. The first-order valence-electron chi connectivity index (χ1n) is 10.4. The number of nitrogens with one attached hydrogen (secondary N) is 1. The first kappa shape index (κ1) is 20.7. The van der Waals surface area contributed by atoms with E-state index in [-0.39, 0.29) is 6.61 Å². The van der Waals surface area contributed by atoms with Crippen LogP contribution >= 0.6 is 0 Å². The summed E-state index contributed by atoms with van der Waals surface area (Å²) in [7, 11) is 4.08. The van der Waals surface area contributed by atoms with Crippen molar-refractivity contribution in [2.75, 3.05) is 48.9 Å². The Kier molecular flexibility index (Phi) is 6.04. The van der Waals surface area contributed by atoms with Gasteiger partial charge in [-0.3, -0.25) is 4.40 Å². The number of anilines is 4. The van der Waals surface area contributed by atoms with Gasteiger partial charge in [0.2, 0.25) is 0 Å². The smallest absolute Gasteiger partial charge is 0.180 e. The normalized spacial score (nSPS) is 11.0. The van der Waals surface area contributed by atoms with Gasteiger partial charge in [0.05, 0.1) is 18.5 Å². The summed E-state index contributed by atoms with van der Waals surface area (Å²) < 4.78 is 2.06. The molecule has 4 aromatic rings. The average molecular weight is 417 g/mol. The Hall–Kier alpha value is -3.58. The molecule has 0 saturated carbocycles. The molecule has 7 heteroatoms. The van der Waals surface area contributed by atoms with Gasteiger partial charge >= 0.3 is 0 Å². The Labute approximate surface area is 182 Å². The highest BCUT2D eigenvalue weighted by Gasteiger charge is 2.14. The minimum absolute atomic E-state index is 0.138. The highest BCUT2D eigenvalue weighted by Crippen LogP contribution is 2.31. The van der Waals surface area contributed by atoms with E-state index in [4.69, 9.17) is 4.98 Å². The molecular weight excluding hydrogens is 388 g/mol. The topological polar surface area (TPSA) is 68.9 Å². The molecule has 2 N–H and O–H groups in total. The maximum atomic E-state index is 9.24. The molecule has 31 heavy (non-hydrogen) atoms. The van der Waals surface area contributed by atoms with Crippen LogP contribution in [0.1, 0.15) is 6.92 Å². The van der Waals surface area contributed by atoms with Crippen LogP contribution in [0.2, 0.25) is 0 Å². The molecule has 7 nitrogen and oxygen atoms in total. The molecule has 0 saturated heterocycles. The van der Waals surface area contributed by atoms with Crippen LogP contribution in [0.4, 0.5) is 22.9 Å². The summed E-state index contributed by atoms with van der Waals surface area (Å²) in [6.07, 6.45) is 5.63. The van der Waals surface area contributed by atoms with Gasteiger partial charge in [-0.2, -0.15) is 0 Å². The molecule has 2 aromatic heterocycles. The van der Waals surface area contributed by atoms with Crippen LogP contribution in [0.5, 0.6) is 0 Å². The first-order valence-corrected chi connectivity index (χ1v) is 10.4. The van der Waals surface area contributed by atoms with Gasteiger partial charge in [-0.15, -0.1) is 0 Å². The summed E-state index contributed by atoms with van der Waals surface area (Å²) in [6, 6.07) is 16.4. The molecule has 0 bridgehead atoms. The fourth-order valence-electron chi connectivity index (χ4n) is 3.77. The lowest BCUT2D eigenvalue weighted by molar-refractivity contribution is 0.302. The molecule has 0 aliphatic carbocycles. The van der Waals surface area contributed by atoms with Crippen molar-refractivity contribution in [3.63, 3.8) is 0 Å². The van der Waals surface area contributed by atoms with Crippen molar-refractivity contribution < 1.29 is 5.11 Å². The van der Waals surface area contributed by atoms with E-state index in [1.807, 2.05) is 62.9 Å². The highest BCUT2D eigenvalue weighted by atomic mass is 16.3. The molecule has 0 atom stereocenters. The lowest BCUT2D eigenvalue weighted by Gasteiger charge is -2.22. The van der Waals surface area contributed by atoms with Gasteiger partial charge in [-0.05, 0) is 37.3 Å². The minimum atomic E-state index is 0.138. The average Bonchev–Trinajstić information content (AvgIpc) is 3.29. The van der Waals surface area contributed by atoms with E-state index in [0.717, 1.165) is 40.5 Å². The van der Waals surface area contributed by atoms with Gasteiger partial charge in [0, 0.05) is 62.2 Å². The Morgan fingerprint density at radius 1 is 1.03 bits per heavy atom. The molecule has 0 aliphatic rings. The maximum absolute atomic E-state index is 9.24. The zero-order valence-corrected chi connectivity index (χ0v) is 18.2. The quantitative estimate of drug-likeness (QED) is 0.452. The van der Waals surface area contributed by atoms with Crippen molar-refractivity contribution in [3.8, 4) is 11.3 Å². The van der Waals surface area contributed by atoms with Gasteiger partial charge in [-0.1, -0.05) is 18.2 Å². The summed E-state index contributed by atoms with van der Waals surface area (Å²) in [4.78, 5) is 13.5. The molecule has 0 fully saturated rings. The number of rotatable bonds is 8. The molecule has 0 radical (unpaired) electrons. The number of aliphatic hydroxyl groups excluding tert-OH is 1. The van der Waals surface area contributed by atoms with Crippen molar-refractivity contribution in [2.24, 2.45) is 0 Å². The van der Waals surface area contributed by atoms with Crippen LogP contribution in [0.15, 0.2) is 67.1 Å². The molecule has 0 aliphatic heterocycles. The van der Waals surface area contributed by atoms with Crippen molar-refractivity contribution >= 4 is 28.5 Å². The lowest BCUT2D eigenvalue weighted by Crippen LogP contribution is -2.25. The largest absolute Gasteiger partial charge is 0.395 e. The number of aromatic nitrogens is 3. The van der Waals surface area contributed by atoms with E-state index >= 15 is 0 Å². The summed E-state index contributed by atoms with van der Waals surface area (Å²) in [5.74, 6) is 0.701. The fraction of sp³-hybridized carbons (Fsp3) is 0.250. The van der Waals surface area contributed by atoms with Crippen molar-refractivity contribution in [2.45, 2.75) is 6.92 Å². The van der Waals surface area contributed by atoms with Crippen LogP contribution < -0.4 is 15.1 Å². The van der Waals surface area contributed by atoms with E-state index in [2.05, 4.69) is 43.6 Å². The summed E-state index contributed by atoms with van der Waals surface area (Å²) in [5.41, 5.74) is 5.99. The number of imidazole rings is 1. The van der Waals surface area contributed by atoms with E-state index in [1.54, 1.807) is 6.20 Å². The van der Waals surface area contributed by atoms with Gasteiger partial charge in [0.25, 0.3) is 0 Å². The van der Waals surface area contributed by atoms with Gasteiger partial charge in [0.1, 0.15) is 0 Å². The lowest BCUT2D eigenvalue weighted by atomic mass is 10.1. The van der Waals surface area contributed by atoms with Crippen LogP contribution in [0.3, 0.4) is 0 Å². The Morgan fingerprint density at radius 2 is 1.81 bits per heavy atom. The third-order valence-electron chi connectivity index (χ3n) is 5.34. The number of likely N-dealkylation sites (N-methyl/N-ethyl adjacent to an activating group) is 1. The van der Waals surface area contributed by atoms with Gasteiger partial charge in [0.15, 0.2) is 11.5 Å². The second kappa shape index (κ2) is 9.06. The van der Waals surface area contributed by atoms with Crippen LogP contribution in [0, 0.1) is 0 Å². The number of fused-ring (bicyclic) bond motifs is 1. The van der Waals surface area contributed by atoms with E-state index in [9.17, 15) is 5.11 Å². The molecule has 2 aromatic carbocycles. The standard InChI is InChI=1S/C24H28N6O/c1-4-29(15-16-31)19-11-9-18(10-12-19)27-23-24-25-13-14-30(24)22(17-26-23)20-7-5-6-8-21(20)28(2)3/h5-14,17,31H,4,15-16H2,1-3H3,(H,26,27). The monoisotopic (exact) mass is 416 g/mol. The van der Waals surface area contributed by atoms with Gasteiger partial charge < -0.3 is 20.2 Å². The Balaban J connectivity index is 1.66. The zero-order chi connectivity index (χ0) is 21.8. The summed E-state index contributed by atoms with van der Waals surface area (Å²) in [6.45, 7) is 3.69. The minimum Gasteiger partial charge on any atom is -0.395 e. The second-order valence-corrected chi connectivity index (χ2v) is 7.50. The van der Waals surface area contributed by atoms with Crippen LogP contribution in [-0.4, -0.2) is 53.3 Å². The van der Waals surface area contributed by atoms with Crippen molar-refractivity contribution in [1.29, 1.82) is 0 Å². The van der Waals surface area contributed by atoms with Gasteiger partial charge in [-0.25, -0.2) is 9.97 Å². The molecule has 0 unspecified atom stereocenters. The maximum Gasteiger partial charge on any atom is 0.180 e. The van der Waals surface area contributed by atoms with Crippen molar-refractivity contribution in [3.05, 3.63) is 67.1 Å². The number of para-hydroxylation sites is 1. The number of benzene rings is 2. The van der Waals surface area contributed by atoms with E-state index < -0.39 is 0 Å². The molecule has 160 valence electrons. The Bertz CT molecular complexity index is 1150. The third kappa shape index (κ3) is 4.18. The molecule has 0 spiro atoms. The molecular formula is C24H28N6O. The highest BCUT2D eigenvalue weighted by molar-refractivity contribution is 5.80. The number of hydrogen-bond donors (Lipinski definition) is 2. The van der Waals surface area contributed by atoms with E-state index in [1.165, 1.54) is 0 Å². The number of hydrogen-bond acceptors (Lipinski definition) is 6. The second-order valence-electron chi connectivity index (χ2n) is 7.50. The fourth-order valence-corrected chi connectivity index (χ4v) is 3.77. The molecule has 4 rings (SSSR count). The Morgan fingerprint density at radius 3 is 2.52 bits per heavy atom. The number of nitrogens with zero attached hydrogens (tertiary/aromatic N) is 5. The molecule has 2 heterocycles. The van der Waals surface area contributed by atoms with Crippen LogP contribution in [-0.2, 0) is 0 Å². The number of aliphatic hydroxyl groups is 1. The first-order chi connectivity index (χ1) is 15.1. The molecule has 0 amide bonds. The predicted octanol–water partition coefficient (Wildman–Crippen LogP) is 4.02. The summed E-state index contributed by atoms with van der Waals surface area (Å²) >= 11 is 0.